The average molecular weight is 421 g/mol. The summed E-state index contributed by atoms with van der Waals surface area (Å²) in [5.41, 5.74) is 0.194. The molecule has 0 saturated carbocycles. The Balaban J connectivity index is 3.10. The molecule has 140 valence electrons. The fourth-order valence-corrected chi connectivity index (χ4v) is 4.96. The molecule has 0 aromatic carbocycles. The maximum absolute atomic E-state index is 11.9. The van der Waals surface area contributed by atoms with Gasteiger partial charge >= 0.3 is 5.97 Å². The third-order valence-corrected chi connectivity index (χ3v) is 7.11. The second-order valence-electron chi connectivity index (χ2n) is 7.95. The summed E-state index contributed by atoms with van der Waals surface area (Å²) in [6.45, 7) is 17.6. The summed E-state index contributed by atoms with van der Waals surface area (Å²) in [5.74, 6) is 0.193. The fraction of sp³-hybridized carbons (Fsp3) is 0.833. The topological polar surface area (TPSA) is 44.8 Å². The molecular weight excluding hydrogens is 388 g/mol. The van der Waals surface area contributed by atoms with Gasteiger partial charge in [-0.25, -0.2) is 4.79 Å². The molecule has 0 aromatic heterocycles. The molecule has 0 aromatic rings. The minimum Gasteiger partial charge on any atom is -0.463 e. The predicted octanol–water partition coefficient (Wildman–Crippen LogP) is 4.54. The van der Waals surface area contributed by atoms with Crippen molar-refractivity contribution in [2.75, 3.05) is 13.2 Å². The molecule has 4 nitrogen and oxygen atoms in total. The quantitative estimate of drug-likeness (QED) is 0.262. The molecule has 6 heteroatoms. The first-order valence-electron chi connectivity index (χ1n) is 8.73. The van der Waals surface area contributed by atoms with E-state index in [4.69, 9.17) is 13.9 Å². The van der Waals surface area contributed by atoms with Crippen LogP contribution in [0.25, 0.3) is 0 Å². The SMILES string of the molecule is CCOC(=O)/C(C)=C/[C@H](C)[C@@H](O[Si](C)(C)C)[C@@]1(C)OC[C@@H](C)[C@@H]1Br. The second kappa shape index (κ2) is 8.47. The van der Waals surface area contributed by atoms with Crippen molar-refractivity contribution in [3.05, 3.63) is 11.6 Å². The number of hydrogen-bond donors (Lipinski definition) is 0. The van der Waals surface area contributed by atoms with Crippen molar-refractivity contribution in [3.63, 3.8) is 0 Å². The van der Waals surface area contributed by atoms with Crippen LogP contribution in [0.3, 0.4) is 0 Å². The van der Waals surface area contributed by atoms with Crippen molar-refractivity contribution in [2.45, 2.75) is 70.8 Å². The number of rotatable bonds is 7. The van der Waals surface area contributed by atoms with Crippen LogP contribution in [0.1, 0.15) is 34.6 Å². The van der Waals surface area contributed by atoms with E-state index in [0.717, 1.165) is 0 Å². The largest absolute Gasteiger partial charge is 0.463 e. The third kappa shape index (κ3) is 5.41. The van der Waals surface area contributed by atoms with E-state index < -0.39 is 13.9 Å². The van der Waals surface area contributed by atoms with Crippen LogP contribution in [0, 0.1) is 11.8 Å². The van der Waals surface area contributed by atoms with E-state index in [1.807, 2.05) is 13.0 Å². The van der Waals surface area contributed by atoms with Crippen LogP contribution in [0.4, 0.5) is 0 Å². The van der Waals surface area contributed by atoms with Gasteiger partial charge in [-0.15, -0.1) is 0 Å². The van der Waals surface area contributed by atoms with Crippen LogP contribution in [-0.2, 0) is 18.7 Å². The van der Waals surface area contributed by atoms with Crippen LogP contribution < -0.4 is 0 Å². The van der Waals surface area contributed by atoms with Gasteiger partial charge in [-0.2, -0.15) is 0 Å². The van der Waals surface area contributed by atoms with Gasteiger partial charge in [0.15, 0.2) is 8.32 Å². The highest BCUT2D eigenvalue weighted by Crippen LogP contribution is 2.42. The van der Waals surface area contributed by atoms with Gasteiger partial charge < -0.3 is 13.9 Å². The van der Waals surface area contributed by atoms with Gasteiger partial charge in [0.1, 0.15) is 5.60 Å². The number of halogens is 1. The van der Waals surface area contributed by atoms with Gasteiger partial charge in [0.25, 0.3) is 0 Å². The first-order chi connectivity index (χ1) is 10.9. The highest BCUT2D eigenvalue weighted by Gasteiger charge is 2.51. The highest BCUT2D eigenvalue weighted by atomic mass is 79.9. The van der Waals surface area contributed by atoms with E-state index >= 15 is 0 Å². The summed E-state index contributed by atoms with van der Waals surface area (Å²) < 4.78 is 17.8. The van der Waals surface area contributed by atoms with Crippen LogP contribution in [-0.4, -0.2) is 44.0 Å². The monoisotopic (exact) mass is 420 g/mol. The number of carbonyl (C=O) groups is 1. The second-order valence-corrected chi connectivity index (χ2v) is 13.4. The van der Waals surface area contributed by atoms with Crippen molar-refractivity contribution in [1.82, 2.24) is 0 Å². The molecule has 5 atom stereocenters. The Morgan fingerprint density at radius 3 is 2.46 bits per heavy atom. The van der Waals surface area contributed by atoms with Gasteiger partial charge in [-0.3, -0.25) is 0 Å². The van der Waals surface area contributed by atoms with Crippen molar-refractivity contribution in [2.24, 2.45) is 11.8 Å². The Bertz CT molecular complexity index is 474. The molecule has 0 aliphatic carbocycles. The predicted molar refractivity (Wildman–Crippen MR) is 104 cm³/mol. The zero-order chi connectivity index (χ0) is 18.7. The smallest absolute Gasteiger partial charge is 0.333 e. The third-order valence-electron chi connectivity index (χ3n) is 4.34. The minimum absolute atomic E-state index is 0.0384. The molecule has 0 unspecified atom stereocenters. The van der Waals surface area contributed by atoms with Gasteiger partial charge in [0, 0.05) is 11.5 Å². The van der Waals surface area contributed by atoms with Gasteiger partial charge in [0.2, 0.25) is 0 Å². The van der Waals surface area contributed by atoms with Crippen molar-refractivity contribution in [3.8, 4) is 0 Å². The maximum atomic E-state index is 11.9. The Morgan fingerprint density at radius 1 is 1.46 bits per heavy atom. The summed E-state index contributed by atoms with van der Waals surface area (Å²) >= 11 is 3.82. The molecular formula is C18H33BrO4Si. The summed E-state index contributed by atoms with van der Waals surface area (Å²) in [7, 11) is -1.79. The maximum Gasteiger partial charge on any atom is 0.333 e. The van der Waals surface area contributed by atoms with E-state index in [1.54, 1.807) is 6.92 Å². The van der Waals surface area contributed by atoms with Gasteiger partial charge in [-0.1, -0.05) is 35.9 Å². The Labute approximate surface area is 156 Å². The minimum atomic E-state index is -1.79. The molecule has 1 aliphatic rings. The molecule has 0 radical (unpaired) electrons. The summed E-state index contributed by atoms with van der Waals surface area (Å²) in [4.78, 5) is 12.2. The lowest BCUT2D eigenvalue weighted by atomic mass is 9.84. The first kappa shape index (κ1) is 21.9. The van der Waals surface area contributed by atoms with Gasteiger partial charge in [0.05, 0.1) is 24.1 Å². The summed E-state index contributed by atoms with van der Waals surface area (Å²) in [6.07, 6.45) is 1.84. The molecule has 1 saturated heterocycles. The van der Waals surface area contributed by atoms with E-state index in [9.17, 15) is 4.79 Å². The van der Waals surface area contributed by atoms with E-state index in [-0.39, 0.29) is 22.8 Å². The molecule has 1 fully saturated rings. The molecule has 1 heterocycles. The van der Waals surface area contributed by atoms with Crippen molar-refractivity contribution in [1.29, 1.82) is 0 Å². The van der Waals surface area contributed by atoms with Crippen LogP contribution >= 0.6 is 15.9 Å². The molecule has 0 N–H and O–H groups in total. The lowest BCUT2D eigenvalue weighted by molar-refractivity contribution is -0.138. The number of ether oxygens (including phenoxy) is 2. The van der Waals surface area contributed by atoms with Crippen LogP contribution in [0.5, 0.6) is 0 Å². The zero-order valence-corrected chi connectivity index (χ0v) is 18.9. The van der Waals surface area contributed by atoms with E-state index in [2.05, 4.69) is 56.3 Å². The molecule has 1 aliphatic heterocycles. The van der Waals surface area contributed by atoms with Crippen LogP contribution in [0.15, 0.2) is 11.6 Å². The zero-order valence-electron chi connectivity index (χ0n) is 16.3. The molecule has 1 rings (SSSR count). The Hall–Kier alpha value is -0.173. The van der Waals surface area contributed by atoms with Crippen molar-refractivity contribution >= 4 is 30.2 Å². The Morgan fingerprint density at radius 2 is 2.04 bits per heavy atom. The summed E-state index contributed by atoms with van der Waals surface area (Å²) in [6, 6.07) is 0. The molecule has 0 spiro atoms. The standard InChI is InChI=1S/C18H33BrO4Si/c1-9-21-17(20)13(3)10-12(2)16(23-24(6,7)8)18(5)15(19)14(4)11-22-18/h10,12,14-16H,9,11H2,1-8H3/b13-10+/t12-,14+,15-,16+,18-/m0/s1. The number of esters is 1. The van der Waals surface area contributed by atoms with Crippen molar-refractivity contribution < 1.29 is 18.7 Å². The lowest BCUT2D eigenvalue weighted by Gasteiger charge is -2.42. The fourth-order valence-electron chi connectivity index (χ4n) is 3.20. The lowest BCUT2D eigenvalue weighted by Crippen LogP contribution is -2.53. The first-order valence-corrected chi connectivity index (χ1v) is 13.1. The Kier molecular flexibility index (Phi) is 7.72. The summed E-state index contributed by atoms with van der Waals surface area (Å²) in [5, 5.41) is 0. The van der Waals surface area contributed by atoms with E-state index in [1.165, 1.54) is 0 Å². The molecule has 0 amide bonds. The highest BCUT2D eigenvalue weighted by molar-refractivity contribution is 9.09. The number of alkyl halides is 1. The molecule has 0 bridgehead atoms. The van der Waals surface area contributed by atoms with Crippen LogP contribution in [0.2, 0.25) is 19.6 Å². The number of hydrogen-bond acceptors (Lipinski definition) is 4. The van der Waals surface area contributed by atoms with E-state index in [0.29, 0.717) is 24.7 Å². The normalized spacial score (nSPS) is 31.0. The molecule has 24 heavy (non-hydrogen) atoms. The average Bonchev–Trinajstić information content (AvgIpc) is 2.72. The van der Waals surface area contributed by atoms with Gasteiger partial charge in [-0.05, 0) is 46.3 Å². The number of carbonyl (C=O) groups excluding carboxylic acids is 1.